The maximum absolute atomic E-state index is 5.98. The van der Waals surface area contributed by atoms with Gasteiger partial charge < -0.3 is 16.4 Å². The lowest BCUT2D eigenvalue weighted by Gasteiger charge is -2.22. The number of nitrogens with two attached hydrogens (primary N) is 1. The predicted octanol–water partition coefficient (Wildman–Crippen LogP) is 1.80. The molecule has 0 saturated heterocycles. The molecule has 134 valence electrons. The highest BCUT2D eigenvalue weighted by Gasteiger charge is 2.20. The summed E-state index contributed by atoms with van der Waals surface area (Å²) in [7, 11) is 0. The highest BCUT2D eigenvalue weighted by atomic mass is 15.3. The normalized spacial score (nSPS) is 15.1. The molecule has 3 aromatic rings. The van der Waals surface area contributed by atoms with E-state index in [4.69, 9.17) is 5.73 Å². The molecule has 0 radical (unpaired) electrons. The molecule has 0 bridgehead atoms. The van der Waals surface area contributed by atoms with Gasteiger partial charge in [-0.1, -0.05) is 30.3 Å². The second kappa shape index (κ2) is 7.53. The average Bonchev–Trinajstić information content (AvgIpc) is 3.05. The van der Waals surface area contributed by atoms with Gasteiger partial charge in [-0.25, -0.2) is 4.98 Å². The molecule has 26 heavy (non-hydrogen) atoms. The van der Waals surface area contributed by atoms with E-state index in [0.29, 0.717) is 12.5 Å². The number of benzene rings is 1. The molecule has 0 amide bonds. The van der Waals surface area contributed by atoms with Crippen LogP contribution in [0.5, 0.6) is 0 Å². The molecular formula is C19H23N7. The number of anilines is 2. The van der Waals surface area contributed by atoms with Crippen molar-refractivity contribution in [3.8, 4) is 0 Å². The summed E-state index contributed by atoms with van der Waals surface area (Å²) in [5, 5.41) is 11.4. The van der Waals surface area contributed by atoms with Crippen molar-refractivity contribution >= 4 is 11.8 Å². The molecule has 1 aliphatic rings. The highest BCUT2D eigenvalue weighted by molar-refractivity contribution is 5.52. The lowest BCUT2D eigenvalue weighted by molar-refractivity contribution is 0.549. The molecule has 2 aromatic heterocycles. The zero-order chi connectivity index (χ0) is 17.8. The largest absolute Gasteiger partial charge is 0.368 e. The van der Waals surface area contributed by atoms with Gasteiger partial charge in [0.05, 0.1) is 18.3 Å². The zero-order valence-electron chi connectivity index (χ0n) is 14.6. The minimum atomic E-state index is 0.0331. The average molecular weight is 349 g/mol. The van der Waals surface area contributed by atoms with Crippen LogP contribution >= 0.6 is 0 Å². The highest BCUT2D eigenvalue weighted by Crippen LogP contribution is 2.26. The Hall–Kier alpha value is -2.93. The smallest absolute Gasteiger partial charge is 0.222 e. The first-order valence-electron chi connectivity index (χ1n) is 8.94. The van der Waals surface area contributed by atoms with E-state index in [0.717, 1.165) is 43.0 Å². The number of hydrogen-bond donors (Lipinski definition) is 3. The summed E-state index contributed by atoms with van der Waals surface area (Å²) >= 11 is 0. The minimum absolute atomic E-state index is 0.0331. The number of nitrogen functional groups attached to an aromatic ring is 1. The first-order valence-corrected chi connectivity index (χ1v) is 8.94. The van der Waals surface area contributed by atoms with Crippen LogP contribution in [0, 0.1) is 0 Å². The van der Waals surface area contributed by atoms with Crippen molar-refractivity contribution in [3.63, 3.8) is 0 Å². The van der Waals surface area contributed by atoms with Crippen LogP contribution in [0.2, 0.25) is 0 Å². The molecule has 0 saturated carbocycles. The third-order valence-electron chi connectivity index (χ3n) is 4.64. The lowest BCUT2D eigenvalue weighted by atomic mass is 10.1. The van der Waals surface area contributed by atoms with E-state index in [2.05, 4.69) is 37.8 Å². The fourth-order valence-corrected chi connectivity index (χ4v) is 3.36. The molecule has 0 spiro atoms. The van der Waals surface area contributed by atoms with Crippen molar-refractivity contribution in [2.45, 2.75) is 25.4 Å². The quantitative estimate of drug-likeness (QED) is 0.650. The summed E-state index contributed by atoms with van der Waals surface area (Å²) in [6, 6.07) is 12.3. The van der Waals surface area contributed by atoms with Crippen LogP contribution < -0.4 is 16.4 Å². The van der Waals surface area contributed by atoms with Gasteiger partial charge >= 0.3 is 0 Å². The Balaban J connectivity index is 1.68. The zero-order valence-corrected chi connectivity index (χ0v) is 14.6. The van der Waals surface area contributed by atoms with Crippen molar-refractivity contribution in [1.29, 1.82) is 0 Å². The van der Waals surface area contributed by atoms with Gasteiger partial charge in [-0.15, -0.1) is 0 Å². The lowest BCUT2D eigenvalue weighted by Crippen LogP contribution is -2.21. The third kappa shape index (κ3) is 3.67. The van der Waals surface area contributed by atoms with Crippen LogP contribution in [0.15, 0.2) is 48.8 Å². The van der Waals surface area contributed by atoms with Gasteiger partial charge in [0.25, 0.3) is 0 Å². The Morgan fingerprint density at radius 2 is 1.96 bits per heavy atom. The standard InChI is InChI=1S/C19H23N7/c20-19-24-16-8-11-21-10-7-15(16)18(25-19)23-17(13-26-12-4-9-22-26)14-5-2-1-3-6-14/h1-6,9,12,17,21H,7-8,10-11,13H2,(H3,20,23,24,25)/t17-/m1/s1. The third-order valence-corrected chi connectivity index (χ3v) is 4.64. The second-order valence-corrected chi connectivity index (χ2v) is 6.44. The number of aromatic nitrogens is 4. The Bertz CT molecular complexity index is 846. The Morgan fingerprint density at radius 1 is 1.12 bits per heavy atom. The van der Waals surface area contributed by atoms with E-state index >= 15 is 0 Å². The summed E-state index contributed by atoms with van der Waals surface area (Å²) in [5.74, 6) is 1.15. The Morgan fingerprint density at radius 3 is 2.77 bits per heavy atom. The first-order chi connectivity index (χ1) is 12.8. The van der Waals surface area contributed by atoms with Crippen molar-refractivity contribution in [3.05, 3.63) is 65.6 Å². The maximum atomic E-state index is 5.98. The van der Waals surface area contributed by atoms with E-state index in [1.165, 1.54) is 5.56 Å². The van der Waals surface area contributed by atoms with Crippen LogP contribution in [-0.4, -0.2) is 32.8 Å². The van der Waals surface area contributed by atoms with Crippen LogP contribution in [-0.2, 0) is 19.4 Å². The fourth-order valence-electron chi connectivity index (χ4n) is 3.36. The van der Waals surface area contributed by atoms with Gasteiger partial charge in [0.2, 0.25) is 5.95 Å². The predicted molar refractivity (Wildman–Crippen MR) is 102 cm³/mol. The molecule has 4 rings (SSSR count). The summed E-state index contributed by atoms with van der Waals surface area (Å²) in [4.78, 5) is 8.98. The number of nitrogens with zero attached hydrogens (tertiary/aromatic N) is 4. The van der Waals surface area contributed by atoms with Gasteiger partial charge in [-0.2, -0.15) is 10.1 Å². The van der Waals surface area contributed by atoms with Gasteiger partial charge in [0.15, 0.2) is 0 Å². The van der Waals surface area contributed by atoms with Crippen molar-refractivity contribution in [2.24, 2.45) is 0 Å². The number of rotatable bonds is 5. The molecule has 0 unspecified atom stereocenters. The minimum Gasteiger partial charge on any atom is -0.368 e. The van der Waals surface area contributed by atoms with Gasteiger partial charge in [0.1, 0.15) is 5.82 Å². The molecule has 1 atom stereocenters. The molecule has 1 aromatic carbocycles. The van der Waals surface area contributed by atoms with E-state index in [9.17, 15) is 0 Å². The fraction of sp³-hybridized carbons (Fsp3) is 0.316. The first kappa shape index (κ1) is 16.5. The van der Waals surface area contributed by atoms with Gasteiger partial charge in [0, 0.05) is 30.9 Å². The summed E-state index contributed by atoms with van der Waals surface area (Å²) < 4.78 is 1.93. The number of hydrogen-bond acceptors (Lipinski definition) is 6. The van der Waals surface area contributed by atoms with Crippen LogP contribution in [0.3, 0.4) is 0 Å². The molecule has 0 fully saturated rings. The van der Waals surface area contributed by atoms with Gasteiger partial charge in [-0.05, 0) is 24.6 Å². The van der Waals surface area contributed by atoms with E-state index in [1.54, 1.807) is 6.20 Å². The molecule has 7 nitrogen and oxygen atoms in total. The SMILES string of the molecule is Nc1nc2c(c(N[C@H](Cn3cccn3)c3ccccc3)n1)CCNCC2. The monoisotopic (exact) mass is 349 g/mol. The summed E-state index contributed by atoms with van der Waals surface area (Å²) in [5.41, 5.74) is 9.36. The maximum Gasteiger partial charge on any atom is 0.222 e. The van der Waals surface area contributed by atoms with E-state index < -0.39 is 0 Å². The number of fused-ring (bicyclic) bond motifs is 1. The van der Waals surface area contributed by atoms with E-state index in [-0.39, 0.29) is 6.04 Å². The molecule has 4 N–H and O–H groups in total. The molecule has 7 heteroatoms. The molecule has 1 aliphatic heterocycles. The van der Waals surface area contributed by atoms with Crippen LogP contribution in [0.25, 0.3) is 0 Å². The Kier molecular flexibility index (Phi) is 4.79. The van der Waals surface area contributed by atoms with E-state index in [1.807, 2.05) is 35.1 Å². The van der Waals surface area contributed by atoms with Crippen molar-refractivity contribution in [1.82, 2.24) is 25.1 Å². The van der Waals surface area contributed by atoms with Crippen molar-refractivity contribution in [2.75, 3.05) is 24.1 Å². The number of nitrogens with one attached hydrogen (secondary N) is 2. The second-order valence-electron chi connectivity index (χ2n) is 6.44. The summed E-state index contributed by atoms with van der Waals surface area (Å²) in [6.07, 6.45) is 5.52. The van der Waals surface area contributed by atoms with Crippen LogP contribution in [0.1, 0.15) is 22.9 Å². The molecule has 0 aliphatic carbocycles. The van der Waals surface area contributed by atoms with Crippen molar-refractivity contribution < 1.29 is 0 Å². The Labute approximate surface area is 152 Å². The molecular weight excluding hydrogens is 326 g/mol. The van der Waals surface area contributed by atoms with Crippen LogP contribution in [0.4, 0.5) is 11.8 Å². The molecule has 3 heterocycles. The topological polar surface area (TPSA) is 93.7 Å². The van der Waals surface area contributed by atoms with Gasteiger partial charge in [-0.3, -0.25) is 4.68 Å². The summed E-state index contributed by atoms with van der Waals surface area (Å²) in [6.45, 7) is 2.54.